The van der Waals surface area contributed by atoms with Crippen molar-refractivity contribution in [2.24, 2.45) is 0 Å². The second-order valence-corrected chi connectivity index (χ2v) is 3.55. The Balaban J connectivity index is 2.28. The fourth-order valence-electron chi connectivity index (χ4n) is 1.38. The van der Waals surface area contributed by atoms with Crippen molar-refractivity contribution in [3.63, 3.8) is 0 Å². The number of rotatable bonds is 2. The molecule has 1 aromatic heterocycles. The van der Waals surface area contributed by atoms with Gasteiger partial charge in [0, 0.05) is 0 Å². The molecule has 0 spiro atoms. The first-order valence-corrected chi connectivity index (χ1v) is 5.09. The molecule has 2 aromatic rings. The maximum atomic E-state index is 12.4. The number of halogens is 3. The Morgan fingerprint density at radius 2 is 1.89 bits per heavy atom. The molecule has 8 heteroatoms. The number of carbonyl (C=O) groups excluding carboxylic acids is 1. The number of esters is 1. The van der Waals surface area contributed by atoms with Crippen molar-refractivity contribution in [3.05, 3.63) is 42.0 Å². The van der Waals surface area contributed by atoms with E-state index in [9.17, 15) is 18.0 Å². The maximum Gasteiger partial charge on any atom is 0.416 e. The first-order valence-electron chi connectivity index (χ1n) is 5.09. The van der Waals surface area contributed by atoms with E-state index >= 15 is 0 Å². The molecule has 0 amide bonds. The van der Waals surface area contributed by atoms with Crippen LogP contribution in [0, 0.1) is 0 Å². The van der Waals surface area contributed by atoms with Crippen molar-refractivity contribution >= 4 is 5.97 Å². The number of nitrogens with zero attached hydrogens (tertiary/aromatic N) is 3. The third kappa shape index (κ3) is 2.72. The summed E-state index contributed by atoms with van der Waals surface area (Å²) in [5, 5.41) is 3.79. The molecule has 0 aliphatic heterocycles. The van der Waals surface area contributed by atoms with Crippen LogP contribution in [0.25, 0.3) is 5.69 Å². The van der Waals surface area contributed by atoms with Gasteiger partial charge in [-0.25, -0.2) is 14.5 Å². The van der Waals surface area contributed by atoms with E-state index in [4.69, 9.17) is 0 Å². The van der Waals surface area contributed by atoms with Crippen LogP contribution >= 0.6 is 0 Å². The monoisotopic (exact) mass is 271 g/mol. The van der Waals surface area contributed by atoms with E-state index in [-0.39, 0.29) is 5.82 Å². The molecule has 0 unspecified atom stereocenters. The Morgan fingerprint density at radius 1 is 1.26 bits per heavy atom. The van der Waals surface area contributed by atoms with Gasteiger partial charge in [-0.2, -0.15) is 13.2 Å². The Kier molecular flexibility index (Phi) is 3.24. The number of aromatic nitrogens is 3. The summed E-state index contributed by atoms with van der Waals surface area (Å²) in [6.45, 7) is 0. The van der Waals surface area contributed by atoms with Crippen LogP contribution in [0.15, 0.2) is 30.6 Å². The smallest absolute Gasteiger partial charge is 0.416 e. The largest absolute Gasteiger partial charge is 0.463 e. The molecule has 2 rings (SSSR count). The van der Waals surface area contributed by atoms with E-state index in [0.717, 1.165) is 12.1 Å². The molecule has 1 aromatic carbocycles. The zero-order chi connectivity index (χ0) is 14.0. The quantitative estimate of drug-likeness (QED) is 0.785. The summed E-state index contributed by atoms with van der Waals surface area (Å²) in [4.78, 5) is 14.8. The van der Waals surface area contributed by atoms with Crippen molar-refractivity contribution in [1.29, 1.82) is 0 Å². The van der Waals surface area contributed by atoms with Gasteiger partial charge < -0.3 is 4.74 Å². The second-order valence-electron chi connectivity index (χ2n) is 3.55. The third-order valence-corrected chi connectivity index (χ3v) is 2.32. The van der Waals surface area contributed by atoms with Gasteiger partial charge in [0.25, 0.3) is 5.82 Å². The summed E-state index contributed by atoms with van der Waals surface area (Å²) in [6, 6.07) is 4.32. The molecule has 0 saturated heterocycles. The van der Waals surface area contributed by atoms with Crippen molar-refractivity contribution in [3.8, 4) is 5.69 Å². The van der Waals surface area contributed by atoms with Crippen LogP contribution in [-0.2, 0) is 10.9 Å². The number of hydrogen-bond donors (Lipinski definition) is 0. The Morgan fingerprint density at radius 3 is 2.42 bits per heavy atom. The van der Waals surface area contributed by atoms with Crippen LogP contribution in [0.2, 0.25) is 0 Å². The Hall–Kier alpha value is -2.38. The lowest BCUT2D eigenvalue weighted by atomic mass is 10.2. The number of methoxy groups -OCH3 is 1. The molecule has 0 saturated carbocycles. The number of carbonyl (C=O) groups is 1. The van der Waals surface area contributed by atoms with E-state index in [1.807, 2.05) is 0 Å². The van der Waals surface area contributed by atoms with Crippen molar-refractivity contribution in [2.45, 2.75) is 6.18 Å². The molecule has 0 bridgehead atoms. The summed E-state index contributed by atoms with van der Waals surface area (Å²) < 4.78 is 42.8. The maximum absolute atomic E-state index is 12.4. The van der Waals surface area contributed by atoms with Gasteiger partial charge in [0.2, 0.25) is 0 Å². The average Bonchev–Trinajstić information content (AvgIpc) is 2.86. The molecule has 0 atom stereocenters. The van der Waals surface area contributed by atoms with Crippen LogP contribution in [0.1, 0.15) is 16.2 Å². The van der Waals surface area contributed by atoms with E-state index in [1.54, 1.807) is 0 Å². The molecule has 0 radical (unpaired) electrons. The van der Waals surface area contributed by atoms with Crippen LogP contribution in [0.4, 0.5) is 13.2 Å². The molecule has 0 fully saturated rings. The number of alkyl halides is 3. The Labute approximate surface area is 105 Å². The summed E-state index contributed by atoms with van der Waals surface area (Å²) in [6.07, 6.45) is -3.17. The summed E-state index contributed by atoms with van der Waals surface area (Å²) in [5.74, 6) is -0.881. The topological polar surface area (TPSA) is 57.0 Å². The average molecular weight is 271 g/mol. The number of ether oxygens (including phenoxy) is 1. The van der Waals surface area contributed by atoms with Crippen molar-refractivity contribution in [1.82, 2.24) is 14.8 Å². The summed E-state index contributed by atoms with van der Waals surface area (Å²) >= 11 is 0. The van der Waals surface area contributed by atoms with Gasteiger partial charge in [0.15, 0.2) is 0 Å². The third-order valence-electron chi connectivity index (χ3n) is 2.32. The lowest BCUT2D eigenvalue weighted by Crippen LogP contribution is -2.06. The highest BCUT2D eigenvalue weighted by molar-refractivity contribution is 5.84. The van der Waals surface area contributed by atoms with Gasteiger partial charge in [0.1, 0.15) is 6.33 Å². The van der Waals surface area contributed by atoms with E-state index in [2.05, 4.69) is 14.8 Å². The Bertz CT molecular complexity index is 590. The summed E-state index contributed by atoms with van der Waals surface area (Å²) in [7, 11) is 1.18. The number of benzene rings is 1. The first-order chi connectivity index (χ1) is 8.91. The summed E-state index contributed by atoms with van der Waals surface area (Å²) in [5.41, 5.74) is -0.403. The molecule has 5 nitrogen and oxygen atoms in total. The van der Waals surface area contributed by atoms with Gasteiger partial charge in [-0.3, -0.25) is 0 Å². The van der Waals surface area contributed by atoms with Crippen molar-refractivity contribution in [2.75, 3.05) is 7.11 Å². The van der Waals surface area contributed by atoms with Gasteiger partial charge in [-0.15, -0.1) is 5.10 Å². The van der Waals surface area contributed by atoms with E-state index < -0.39 is 17.7 Å². The van der Waals surface area contributed by atoms with Crippen LogP contribution in [0.5, 0.6) is 0 Å². The molecule has 0 aliphatic rings. The molecule has 19 heavy (non-hydrogen) atoms. The number of hydrogen-bond acceptors (Lipinski definition) is 4. The van der Waals surface area contributed by atoms with Crippen molar-refractivity contribution < 1.29 is 22.7 Å². The predicted molar refractivity (Wildman–Crippen MR) is 57.7 cm³/mol. The minimum absolute atomic E-state index is 0.164. The highest BCUT2D eigenvalue weighted by atomic mass is 19.4. The fourth-order valence-corrected chi connectivity index (χ4v) is 1.38. The predicted octanol–water partition coefficient (Wildman–Crippen LogP) is 2.07. The standard InChI is InChI=1S/C11H8F3N3O2/c1-19-10(18)9-15-6-17(16-9)8-4-2-7(3-5-8)11(12,13)14/h2-6H,1H3. The highest BCUT2D eigenvalue weighted by Crippen LogP contribution is 2.29. The van der Waals surface area contributed by atoms with Crippen LogP contribution in [-0.4, -0.2) is 27.8 Å². The van der Waals surface area contributed by atoms with Gasteiger partial charge in [0.05, 0.1) is 18.4 Å². The molecular weight excluding hydrogens is 263 g/mol. The van der Waals surface area contributed by atoms with Gasteiger partial charge in [-0.1, -0.05) is 0 Å². The van der Waals surface area contributed by atoms with Crippen LogP contribution < -0.4 is 0 Å². The molecule has 1 heterocycles. The van der Waals surface area contributed by atoms with E-state index in [0.29, 0.717) is 5.69 Å². The highest BCUT2D eigenvalue weighted by Gasteiger charge is 2.30. The van der Waals surface area contributed by atoms with Gasteiger partial charge >= 0.3 is 12.1 Å². The fraction of sp³-hybridized carbons (Fsp3) is 0.182. The first kappa shape index (κ1) is 13.1. The van der Waals surface area contributed by atoms with Crippen LogP contribution in [0.3, 0.4) is 0 Å². The molecule has 0 aliphatic carbocycles. The SMILES string of the molecule is COC(=O)c1ncn(-c2ccc(C(F)(F)F)cc2)n1. The molecule has 0 N–H and O–H groups in total. The lowest BCUT2D eigenvalue weighted by Gasteiger charge is -2.07. The normalized spacial score (nSPS) is 11.4. The minimum atomic E-state index is -4.39. The second kappa shape index (κ2) is 4.71. The van der Waals surface area contributed by atoms with Gasteiger partial charge in [-0.05, 0) is 24.3 Å². The molecular formula is C11H8F3N3O2. The zero-order valence-electron chi connectivity index (χ0n) is 9.68. The minimum Gasteiger partial charge on any atom is -0.463 e. The molecule has 100 valence electrons. The lowest BCUT2D eigenvalue weighted by molar-refractivity contribution is -0.137. The van der Waals surface area contributed by atoms with E-state index in [1.165, 1.54) is 30.3 Å². The zero-order valence-corrected chi connectivity index (χ0v) is 9.68.